The summed E-state index contributed by atoms with van der Waals surface area (Å²) in [5.41, 5.74) is 0. The van der Waals surface area contributed by atoms with Crippen molar-refractivity contribution in [3.05, 3.63) is 22.4 Å². The Morgan fingerprint density at radius 3 is 2.86 bits per heavy atom. The van der Waals surface area contributed by atoms with Gasteiger partial charge in [-0.2, -0.15) is 5.26 Å². The van der Waals surface area contributed by atoms with Gasteiger partial charge in [-0.15, -0.1) is 11.3 Å². The van der Waals surface area contributed by atoms with Crippen molar-refractivity contribution in [1.82, 2.24) is 4.90 Å². The molecule has 1 fully saturated rings. The summed E-state index contributed by atoms with van der Waals surface area (Å²) in [6, 6.07) is 6.28. The van der Waals surface area contributed by atoms with Crippen LogP contribution in [0.5, 0.6) is 0 Å². The highest BCUT2D eigenvalue weighted by Crippen LogP contribution is 2.24. The molecule has 0 amide bonds. The number of hydrogen-bond acceptors (Lipinski definition) is 4. The first-order valence-electron chi connectivity index (χ1n) is 4.66. The molecular weight excluding hydrogens is 196 g/mol. The standard InChI is InChI=1S/C10H12N2OS/c11-8-9(10-2-1-7-14-10)12-3-5-13-6-4-12/h1-2,7,9H,3-6H2. The smallest absolute Gasteiger partial charge is 0.133 e. The van der Waals surface area contributed by atoms with Gasteiger partial charge in [0.25, 0.3) is 0 Å². The summed E-state index contributed by atoms with van der Waals surface area (Å²) in [7, 11) is 0. The molecule has 2 rings (SSSR count). The number of nitrogens with zero attached hydrogens (tertiary/aromatic N) is 2. The monoisotopic (exact) mass is 208 g/mol. The molecule has 1 saturated heterocycles. The maximum atomic E-state index is 9.12. The van der Waals surface area contributed by atoms with Crippen LogP contribution < -0.4 is 0 Å². The second-order valence-electron chi connectivity index (χ2n) is 3.20. The molecule has 1 aromatic heterocycles. The second-order valence-corrected chi connectivity index (χ2v) is 4.17. The first-order valence-corrected chi connectivity index (χ1v) is 5.54. The number of thiophene rings is 1. The first-order chi connectivity index (χ1) is 6.92. The molecule has 1 aliphatic heterocycles. The summed E-state index contributed by atoms with van der Waals surface area (Å²) >= 11 is 1.64. The molecule has 1 unspecified atom stereocenters. The third-order valence-electron chi connectivity index (χ3n) is 2.35. The zero-order valence-electron chi connectivity index (χ0n) is 7.85. The van der Waals surface area contributed by atoms with Gasteiger partial charge < -0.3 is 4.74 Å². The highest BCUT2D eigenvalue weighted by molar-refractivity contribution is 7.10. The van der Waals surface area contributed by atoms with E-state index in [1.54, 1.807) is 11.3 Å². The van der Waals surface area contributed by atoms with Crippen molar-refractivity contribution in [2.24, 2.45) is 0 Å². The van der Waals surface area contributed by atoms with Crippen LogP contribution in [0.1, 0.15) is 10.9 Å². The van der Waals surface area contributed by atoms with Gasteiger partial charge >= 0.3 is 0 Å². The van der Waals surface area contributed by atoms with Crippen molar-refractivity contribution in [3.8, 4) is 6.07 Å². The van der Waals surface area contributed by atoms with Gasteiger partial charge in [0.05, 0.1) is 19.3 Å². The van der Waals surface area contributed by atoms with Crippen molar-refractivity contribution in [2.75, 3.05) is 26.3 Å². The van der Waals surface area contributed by atoms with Crippen LogP contribution in [-0.2, 0) is 4.74 Å². The fraction of sp³-hybridized carbons (Fsp3) is 0.500. The lowest BCUT2D eigenvalue weighted by molar-refractivity contribution is 0.0272. The number of nitriles is 1. The Balaban J connectivity index is 2.09. The SMILES string of the molecule is N#CC(c1cccs1)N1CCOCC1. The molecule has 1 aromatic rings. The second kappa shape index (κ2) is 4.56. The van der Waals surface area contributed by atoms with Crippen LogP contribution >= 0.6 is 11.3 Å². The number of morpholine rings is 1. The lowest BCUT2D eigenvalue weighted by Gasteiger charge is -2.29. The van der Waals surface area contributed by atoms with Gasteiger partial charge in [0.2, 0.25) is 0 Å². The zero-order valence-corrected chi connectivity index (χ0v) is 8.67. The number of hydrogen-bond donors (Lipinski definition) is 0. The van der Waals surface area contributed by atoms with Crippen LogP contribution in [0, 0.1) is 11.3 Å². The minimum absolute atomic E-state index is 0.0844. The molecule has 4 heteroatoms. The van der Waals surface area contributed by atoms with Gasteiger partial charge in [0, 0.05) is 18.0 Å². The van der Waals surface area contributed by atoms with Crippen molar-refractivity contribution in [2.45, 2.75) is 6.04 Å². The fourth-order valence-corrected chi connectivity index (χ4v) is 2.41. The Kier molecular flexibility index (Phi) is 3.14. The van der Waals surface area contributed by atoms with Crippen LogP contribution in [0.3, 0.4) is 0 Å². The summed E-state index contributed by atoms with van der Waals surface area (Å²) in [5, 5.41) is 11.1. The van der Waals surface area contributed by atoms with E-state index in [0.29, 0.717) is 0 Å². The van der Waals surface area contributed by atoms with Crippen LogP contribution in [0.15, 0.2) is 17.5 Å². The Bertz CT molecular complexity index is 311. The van der Waals surface area contributed by atoms with E-state index < -0.39 is 0 Å². The molecule has 14 heavy (non-hydrogen) atoms. The average molecular weight is 208 g/mol. The summed E-state index contributed by atoms with van der Waals surface area (Å²) in [4.78, 5) is 3.31. The van der Waals surface area contributed by atoms with Crippen molar-refractivity contribution >= 4 is 11.3 Å². The van der Waals surface area contributed by atoms with Crippen LogP contribution in [-0.4, -0.2) is 31.2 Å². The Morgan fingerprint density at radius 2 is 2.29 bits per heavy atom. The van der Waals surface area contributed by atoms with E-state index in [2.05, 4.69) is 11.0 Å². The maximum absolute atomic E-state index is 9.12. The van der Waals surface area contributed by atoms with Crippen molar-refractivity contribution < 1.29 is 4.74 Å². The molecular formula is C10H12N2OS. The summed E-state index contributed by atoms with van der Waals surface area (Å²) < 4.78 is 5.26. The highest BCUT2D eigenvalue weighted by atomic mass is 32.1. The summed E-state index contributed by atoms with van der Waals surface area (Å²) in [6.07, 6.45) is 0. The van der Waals surface area contributed by atoms with E-state index in [9.17, 15) is 0 Å². The maximum Gasteiger partial charge on any atom is 0.133 e. The molecule has 0 saturated carbocycles. The highest BCUT2D eigenvalue weighted by Gasteiger charge is 2.22. The normalized spacial score (nSPS) is 20.2. The molecule has 0 aliphatic carbocycles. The molecule has 2 heterocycles. The third-order valence-corrected chi connectivity index (χ3v) is 3.27. The Hall–Kier alpha value is -0.890. The summed E-state index contributed by atoms with van der Waals surface area (Å²) in [6.45, 7) is 3.19. The molecule has 0 N–H and O–H groups in total. The van der Waals surface area contributed by atoms with Crippen molar-refractivity contribution in [1.29, 1.82) is 5.26 Å². The average Bonchev–Trinajstić information content (AvgIpc) is 2.74. The van der Waals surface area contributed by atoms with Crippen LogP contribution in [0.2, 0.25) is 0 Å². The molecule has 0 bridgehead atoms. The van der Waals surface area contributed by atoms with E-state index >= 15 is 0 Å². The predicted octanol–water partition coefficient (Wildman–Crippen LogP) is 1.64. The van der Waals surface area contributed by atoms with Gasteiger partial charge in [-0.25, -0.2) is 0 Å². The first kappa shape index (κ1) is 9.66. The Labute approximate surface area is 87.5 Å². The Morgan fingerprint density at radius 1 is 1.50 bits per heavy atom. The van der Waals surface area contributed by atoms with E-state index in [4.69, 9.17) is 10.00 Å². The lowest BCUT2D eigenvalue weighted by atomic mass is 10.2. The quantitative estimate of drug-likeness (QED) is 0.741. The topological polar surface area (TPSA) is 36.3 Å². The molecule has 1 aliphatic rings. The minimum Gasteiger partial charge on any atom is -0.379 e. The zero-order chi connectivity index (χ0) is 9.80. The third kappa shape index (κ3) is 1.95. The van der Waals surface area contributed by atoms with E-state index in [1.807, 2.05) is 17.5 Å². The van der Waals surface area contributed by atoms with E-state index in [1.165, 1.54) is 0 Å². The lowest BCUT2D eigenvalue weighted by Crippen LogP contribution is -2.38. The molecule has 74 valence electrons. The predicted molar refractivity (Wildman–Crippen MR) is 55.1 cm³/mol. The van der Waals surface area contributed by atoms with Gasteiger partial charge in [-0.1, -0.05) is 6.07 Å². The van der Waals surface area contributed by atoms with Crippen LogP contribution in [0.4, 0.5) is 0 Å². The minimum atomic E-state index is -0.0844. The molecule has 0 radical (unpaired) electrons. The van der Waals surface area contributed by atoms with E-state index in [-0.39, 0.29) is 6.04 Å². The molecule has 0 aromatic carbocycles. The fourth-order valence-electron chi connectivity index (χ4n) is 1.61. The number of rotatable bonds is 2. The van der Waals surface area contributed by atoms with E-state index in [0.717, 1.165) is 31.2 Å². The summed E-state index contributed by atoms with van der Waals surface area (Å²) in [5.74, 6) is 0. The largest absolute Gasteiger partial charge is 0.379 e. The van der Waals surface area contributed by atoms with Gasteiger partial charge in [-0.05, 0) is 11.4 Å². The van der Waals surface area contributed by atoms with Crippen LogP contribution in [0.25, 0.3) is 0 Å². The molecule has 0 spiro atoms. The molecule has 1 atom stereocenters. The van der Waals surface area contributed by atoms with Gasteiger partial charge in [0.1, 0.15) is 6.04 Å². The van der Waals surface area contributed by atoms with Gasteiger partial charge in [0.15, 0.2) is 0 Å². The van der Waals surface area contributed by atoms with Gasteiger partial charge in [-0.3, -0.25) is 4.90 Å². The number of ether oxygens (including phenoxy) is 1. The van der Waals surface area contributed by atoms with Crippen molar-refractivity contribution in [3.63, 3.8) is 0 Å². The molecule has 3 nitrogen and oxygen atoms in total.